The fourth-order valence-electron chi connectivity index (χ4n) is 3.51. The van der Waals surface area contributed by atoms with Crippen LogP contribution in [-0.2, 0) is 11.2 Å². The molecule has 0 bridgehead atoms. The first kappa shape index (κ1) is 10.2. The lowest BCUT2D eigenvalue weighted by atomic mass is 9.95. The third kappa shape index (κ3) is 1.22. The Morgan fingerprint density at radius 3 is 2.89 bits per heavy atom. The van der Waals surface area contributed by atoms with Crippen LogP contribution >= 0.6 is 0 Å². The molecule has 1 saturated heterocycles. The van der Waals surface area contributed by atoms with Crippen molar-refractivity contribution in [1.29, 1.82) is 0 Å². The van der Waals surface area contributed by atoms with Crippen LogP contribution in [0.2, 0.25) is 0 Å². The lowest BCUT2D eigenvalue weighted by molar-refractivity contribution is -0.116. The zero-order valence-corrected chi connectivity index (χ0v) is 10.0. The fourth-order valence-corrected chi connectivity index (χ4v) is 3.51. The quantitative estimate of drug-likeness (QED) is 0.585. The summed E-state index contributed by atoms with van der Waals surface area (Å²) in [5.74, 6) is 0.707. The number of amides is 1. The van der Waals surface area contributed by atoms with E-state index in [-0.39, 0.29) is 17.9 Å². The van der Waals surface area contributed by atoms with E-state index in [1.54, 1.807) is 0 Å². The molecule has 1 aliphatic heterocycles. The third-order valence-electron chi connectivity index (χ3n) is 4.49. The first-order valence-electron chi connectivity index (χ1n) is 6.56. The smallest absolute Gasteiger partial charge is 0.251 e. The summed E-state index contributed by atoms with van der Waals surface area (Å²) in [5.41, 5.74) is 4.63. The summed E-state index contributed by atoms with van der Waals surface area (Å²) in [6, 6.07) is 6.56. The largest absolute Gasteiger partial charge is 0.515 e. The lowest BCUT2D eigenvalue weighted by Gasteiger charge is -2.14. The zero-order chi connectivity index (χ0) is 12.3. The Balaban J connectivity index is 1.84. The second-order valence-electron chi connectivity index (χ2n) is 5.54. The normalized spacial score (nSPS) is 31.3. The number of carbonyl (C=O) groups is 1. The molecule has 92 valence electrons. The van der Waals surface area contributed by atoms with Crippen molar-refractivity contribution in [2.75, 3.05) is 0 Å². The highest BCUT2D eigenvalue weighted by atomic mass is 16.2. The molecule has 2 aliphatic carbocycles. The molecule has 3 aliphatic rings. The number of hydrogen-bond acceptors (Lipinski definition) is 2. The molecule has 1 saturated carbocycles. The van der Waals surface area contributed by atoms with Crippen LogP contribution in [0.3, 0.4) is 0 Å². The molecular formula is C15H15NO2. The molecule has 4 rings (SSSR count). The Hall–Kier alpha value is -1.77. The summed E-state index contributed by atoms with van der Waals surface area (Å²) in [5, 5.41) is 12.3. The van der Waals surface area contributed by atoms with Crippen LogP contribution in [0.25, 0.3) is 0 Å². The molecule has 2 N–H and O–H groups in total. The minimum atomic E-state index is -0.108. The minimum absolute atomic E-state index is 0.0858. The number of benzene rings is 1. The van der Waals surface area contributed by atoms with Crippen molar-refractivity contribution in [2.45, 2.75) is 31.2 Å². The summed E-state index contributed by atoms with van der Waals surface area (Å²) in [6.45, 7) is 0. The van der Waals surface area contributed by atoms with Gasteiger partial charge in [0.25, 0.3) is 5.91 Å². The molecule has 3 nitrogen and oxygen atoms in total. The van der Waals surface area contributed by atoms with Crippen LogP contribution in [0.1, 0.15) is 41.5 Å². The third-order valence-corrected chi connectivity index (χ3v) is 4.49. The van der Waals surface area contributed by atoms with E-state index in [1.807, 2.05) is 0 Å². The summed E-state index contributed by atoms with van der Waals surface area (Å²) >= 11 is 0. The SMILES string of the molecule is O=C1NC2c3c(cccc3C3CC3)CC2/C1=C\O. The lowest BCUT2D eigenvalue weighted by Crippen LogP contribution is -2.20. The molecule has 2 fully saturated rings. The number of hydrogen-bond donors (Lipinski definition) is 2. The number of rotatable bonds is 1. The van der Waals surface area contributed by atoms with E-state index in [0.717, 1.165) is 12.7 Å². The van der Waals surface area contributed by atoms with Crippen LogP contribution in [0.4, 0.5) is 0 Å². The van der Waals surface area contributed by atoms with Gasteiger partial charge in [-0.2, -0.15) is 0 Å². The van der Waals surface area contributed by atoms with Crippen molar-refractivity contribution in [3.8, 4) is 0 Å². The van der Waals surface area contributed by atoms with Crippen molar-refractivity contribution in [2.24, 2.45) is 5.92 Å². The molecule has 2 atom stereocenters. The van der Waals surface area contributed by atoms with E-state index in [2.05, 4.69) is 23.5 Å². The van der Waals surface area contributed by atoms with Gasteiger partial charge in [-0.05, 0) is 41.9 Å². The van der Waals surface area contributed by atoms with Gasteiger partial charge in [0, 0.05) is 5.92 Å². The molecule has 2 unspecified atom stereocenters. The fraction of sp³-hybridized carbons (Fsp3) is 0.400. The van der Waals surface area contributed by atoms with E-state index in [4.69, 9.17) is 0 Å². The van der Waals surface area contributed by atoms with Gasteiger partial charge in [0.1, 0.15) is 0 Å². The Labute approximate surface area is 106 Å². The average Bonchev–Trinajstić information content (AvgIpc) is 3.08. The van der Waals surface area contributed by atoms with Crippen LogP contribution in [-0.4, -0.2) is 11.0 Å². The molecular weight excluding hydrogens is 226 g/mol. The van der Waals surface area contributed by atoms with Gasteiger partial charge in [-0.25, -0.2) is 0 Å². The maximum absolute atomic E-state index is 11.8. The first-order valence-corrected chi connectivity index (χ1v) is 6.56. The molecule has 0 radical (unpaired) electrons. The molecule has 0 aromatic heterocycles. The van der Waals surface area contributed by atoms with Gasteiger partial charge in [-0.15, -0.1) is 0 Å². The highest BCUT2D eigenvalue weighted by Gasteiger charge is 2.46. The Morgan fingerprint density at radius 2 is 2.17 bits per heavy atom. The maximum atomic E-state index is 11.8. The monoisotopic (exact) mass is 241 g/mol. The number of carbonyl (C=O) groups excluding carboxylic acids is 1. The highest BCUT2D eigenvalue weighted by Crippen LogP contribution is 2.51. The van der Waals surface area contributed by atoms with Crippen molar-refractivity contribution in [1.82, 2.24) is 5.32 Å². The van der Waals surface area contributed by atoms with Crippen LogP contribution in [0.15, 0.2) is 30.0 Å². The summed E-state index contributed by atoms with van der Waals surface area (Å²) in [4.78, 5) is 11.8. The molecule has 1 aromatic rings. The Bertz CT molecular complexity index is 572. The van der Waals surface area contributed by atoms with E-state index in [9.17, 15) is 9.90 Å². The van der Waals surface area contributed by atoms with Gasteiger partial charge in [0.2, 0.25) is 0 Å². The van der Waals surface area contributed by atoms with Gasteiger partial charge < -0.3 is 10.4 Å². The van der Waals surface area contributed by atoms with Gasteiger partial charge in [0.15, 0.2) is 0 Å². The predicted molar refractivity (Wildman–Crippen MR) is 67.2 cm³/mol. The summed E-state index contributed by atoms with van der Waals surface area (Å²) < 4.78 is 0. The Morgan fingerprint density at radius 1 is 1.33 bits per heavy atom. The van der Waals surface area contributed by atoms with Crippen LogP contribution < -0.4 is 5.32 Å². The van der Waals surface area contributed by atoms with Crippen molar-refractivity contribution in [3.63, 3.8) is 0 Å². The topological polar surface area (TPSA) is 49.3 Å². The zero-order valence-electron chi connectivity index (χ0n) is 10.0. The van der Waals surface area contributed by atoms with Crippen LogP contribution in [0.5, 0.6) is 0 Å². The Kier molecular flexibility index (Phi) is 1.91. The molecule has 1 amide bonds. The summed E-state index contributed by atoms with van der Waals surface area (Å²) in [7, 11) is 0. The second-order valence-corrected chi connectivity index (χ2v) is 5.54. The first-order chi connectivity index (χ1) is 8.79. The molecule has 0 spiro atoms. The molecule has 1 aromatic carbocycles. The number of fused-ring (bicyclic) bond motifs is 3. The second kappa shape index (κ2) is 3.37. The molecule has 1 heterocycles. The average molecular weight is 241 g/mol. The van der Waals surface area contributed by atoms with Gasteiger partial charge in [0.05, 0.1) is 17.9 Å². The summed E-state index contributed by atoms with van der Waals surface area (Å²) in [6.07, 6.45) is 4.39. The van der Waals surface area contributed by atoms with E-state index in [1.165, 1.54) is 29.5 Å². The maximum Gasteiger partial charge on any atom is 0.251 e. The molecule has 3 heteroatoms. The highest BCUT2D eigenvalue weighted by molar-refractivity contribution is 5.97. The van der Waals surface area contributed by atoms with Crippen molar-refractivity contribution < 1.29 is 9.90 Å². The minimum Gasteiger partial charge on any atom is -0.515 e. The van der Waals surface area contributed by atoms with E-state index in [0.29, 0.717) is 11.5 Å². The van der Waals surface area contributed by atoms with E-state index >= 15 is 0 Å². The number of nitrogens with one attached hydrogen (secondary N) is 1. The standard InChI is InChI=1S/C15H15NO2/c17-7-12-11-6-9-2-1-3-10(8-4-5-8)13(9)14(11)16-15(12)18/h1-3,7-8,11,14,17H,4-6H2,(H,16,18)/b12-7+. The molecule has 18 heavy (non-hydrogen) atoms. The number of aliphatic hydroxyl groups excluding tert-OH is 1. The number of aliphatic hydroxyl groups is 1. The predicted octanol–water partition coefficient (Wildman–Crippen LogP) is 2.35. The van der Waals surface area contributed by atoms with Crippen molar-refractivity contribution in [3.05, 3.63) is 46.7 Å². The van der Waals surface area contributed by atoms with Gasteiger partial charge in [-0.3, -0.25) is 4.79 Å². The van der Waals surface area contributed by atoms with Gasteiger partial charge >= 0.3 is 0 Å². The van der Waals surface area contributed by atoms with Gasteiger partial charge in [-0.1, -0.05) is 18.2 Å². The van der Waals surface area contributed by atoms with E-state index < -0.39 is 0 Å². The van der Waals surface area contributed by atoms with Crippen molar-refractivity contribution >= 4 is 5.91 Å². The van der Waals surface area contributed by atoms with Crippen LogP contribution in [0, 0.1) is 5.92 Å².